The molecule has 0 amide bonds. The zero-order chi connectivity index (χ0) is 18.6. The van der Waals surface area contributed by atoms with Gasteiger partial charge in [-0.25, -0.2) is 0 Å². The van der Waals surface area contributed by atoms with Crippen molar-refractivity contribution in [3.63, 3.8) is 0 Å². The Labute approximate surface area is 151 Å². The van der Waals surface area contributed by atoms with Crippen molar-refractivity contribution in [1.82, 2.24) is 0 Å². The molecule has 0 saturated carbocycles. The zero-order valence-corrected chi connectivity index (χ0v) is 18.8. The van der Waals surface area contributed by atoms with Crippen LogP contribution in [0.15, 0.2) is 0 Å². The van der Waals surface area contributed by atoms with Gasteiger partial charge < -0.3 is 0 Å². The van der Waals surface area contributed by atoms with Crippen LogP contribution in [0.4, 0.5) is 0 Å². The Bertz CT molecular complexity index is 323. The molecule has 0 aliphatic carbocycles. The van der Waals surface area contributed by atoms with E-state index in [9.17, 15) is 4.57 Å². The van der Waals surface area contributed by atoms with Gasteiger partial charge in [-0.05, 0) is 0 Å². The molecule has 0 aliphatic heterocycles. The van der Waals surface area contributed by atoms with Crippen LogP contribution in [0.5, 0.6) is 0 Å². The minimum atomic E-state index is -3.47. The van der Waals surface area contributed by atoms with E-state index in [-0.39, 0.29) is 0 Å². The normalized spacial score (nSPS) is 14.5. The number of hydrogen-bond donors (Lipinski definition) is 0. The predicted molar refractivity (Wildman–Crippen MR) is 109 cm³/mol. The van der Waals surface area contributed by atoms with Gasteiger partial charge in [0.25, 0.3) is 0 Å². The molecule has 0 heterocycles. The van der Waals surface area contributed by atoms with Crippen LogP contribution in [-0.2, 0) is 17.9 Å². The summed E-state index contributed by atoms with van der Waals surface area (Å²) in [5.74, 6) is 0. The van der Waals surface area contributed by atoms with Gasteiger partial charge in [-0.1, -0.05) is 0 Å². The summed E-state index contributed by atoms with van der Waals surface area (Å²) in [5.41, 5.74) is 0. The molecule has 0 N–H and O–H groups in total. The number of phosphoric ester groups is 1. The van der Waals surface area contributed by atoms with Crippen LogP contribution in [0.25, 0.3) is 0 Å². The summed E-state index contributed by atoms with van der Waals surface area (Å²) < 4.78 is 30.0. The third-order valence-electron chi connectivity index (χ3n) is 5.09. The summed E-state index contributed by atoms with van der Waals surface area (Å²) in [5, 5.41) is 0. The first-order chi connectivity index (χ1) is 11.4. The van der Waals surface area contributed by atoms with Crippen LogP contribution < -0.4 is 0 Å². The van der Waals surface area contributed by atoms with Gasteiger partial charge in [0.05, 0.1) is 0 Å². The minimum absolute atomic E-state index is 1.05. The van der Waals surface area contributed by atoms with Gasteiger partial charge in [0, 0.05) is 0 Å². The molecule has 0 saturated heterocycles. The van der Waals surface area contributed by atoms with Crippen LogP contribution in [0.2, 0.25) is 0 Å². The van der Waals surface area contributed by atoms with Crippen molar-refractivity contribution in [1.29, 1.82) is 0 Å². The molecule has 0 atom stereocenters. The molecule has 0 aromatic rings. The molecule has 0 unspecified atom stereocenters. The second-order valence-electron chi connectivity index (χ2n) is 7.06. The van der Waals surface area contributed by atoms with Crippen molar-refractivity contribution >= 4 is 14.7 Å². The third kappa shape index (κ3) is 7.42. The first-order valence-corrected chi connectivity index (χ1v) is 14.2. The van der Waals surface area contributed by atoms with Crippen LogP contribution in [0, 0.1) is 0 Å². The summed E-state index contributed by atoms with van der Waals surface area (Å²) >= 11 is 0. The molecule has 0 bridgehead atoms. The SMILES string of the molecule is CCCCP(CCCC)(CCCC)(CCCC)OP(=O)(OC)OC. The summed E-state index contributed by atoms with van der Waals surface area (Å²) in [6, 6.07) is 0. The van der Waals surface area contributed by atoms with Crippen LogP contribution >= 0.6 is 14.7 Å². The Hall–Kier alpha value is 0.540. The van der Waals surface area contributed by atoms with Crippen molar-refractivity contribution in [3.8, 4) is 0 Å². The van der Waals surface area contributed by atoms with E-state index in [1.165, 1.54) is 14.2 Å². The van der Waals surface area contributed by atoms with E-state index < -0.39 is 14.7 Å². The molecule has 4 nitrogen and oxygen atoms in total. The maximum absolute atomic E-state index is 13.0. The van der Waals surface area contributed by atoms with Crippen molar-refractivity contribution in [3.05, 3.63) is 0 Å². The Kier molecular flexibility index (Phi) is 12.3. The average molecular weight is 384 g/mol. The Morgan fingerprint density at radius 1 is 0.667 bits per heavy atom. The van der Waals surface area contributed by atoms with Gasteiger partial charge in [0.2, 0.25) is 0 Å². The van der Waals surface area contributed by atoms with E-state index in [0.717, 1.165) is 76.0 Å². The average Bonchev–Trinajstić information content (AvgIpc) is 2.62. The molecule has 0 aromatic heterocycles. The molecule has 0 spiro atoms. The number of unbranched alkanes of at least 4 members (excludes halogenated alkanes) is 4. The van der Waals surface area contributed by atoms with E-state index in [1.807, 2.05) is 0 Å². The Morgan fingerprint density at radius 3 is 1.17 bits per heavy atom. The standard InChI is InChI=1S/C18H42O4P2/c1-7-11-15-24(16-12-8-2,17-13-9-3,18-14-10-4)22-23(19,20-5)21-6/h7-18H2,1-6H3. The maximum atomic E-state index is 13.0. The molecule has 0 fully saturated rings. The van der Waals surface area contributed by atoms with E-state index in [1.54, 1.807) is 0 Å². The summed E-state index contributed by atoms with van der Waals surface area (Å²) in [4.78, 5) is 0. The first kappa shape index (κ1) is 24.5. The quantitative estimate of drug-likeness (QED) is 0.267. The molecule has 6 heteroatoms. The van der Waals surface area contributed by atoms with Crippen molar-refractivity contribution in [2.75, 3.05) is 38.9 Å². The first-order valence-electron chi connectivity index (χ1n) is 9.82. The fourth-order valence-corrected chi connectivity index (χ4v) is 13.5. The van der Waals surface area contributed by atoms with Gasteiger partial charge in [-0.3, -0.25) is 0 Å². The Morgan fingerprint density at radius 2 is 0.958 bits per heavy atom. The summed E-state index contributed by atoms with van der Waals surface area (Å²) in [6.45, 7) is 6.26. The van der Waals surface area contributed by atoms with E-state index in [2.05, 4.69) is 27.7 Å². The topological polar surface area (TPSA) is 44.8 Å². The third-order valence-corrected chi connectivity index (χ3v) is 14.4. The molecule has 24 heavy (non-hydrogen) atoms. The monoisotopic (exact) mass is 384 g/mol. The van der Waals surface area contributed by atoms with Crippen molar-refractivity contribution in [2.45, 2.75) is 79.1 Å². The molecule has 0 aromatic carbocycles. The van der Waals surface area contributed by atoms with Gasteiger partial charge in [0.15, 0.2) is 0 Å². The van der Waals surface area contributed by atoms with Gasteiger partial charge in [-0.2, -0.15) is 0 Å². The fourth-order valence-electron chi connectivity index (χ4n) is 3.49. The van der Waals surface area contributed by atoms with Crippen molar-refractivity contribution < 1.29 is 17.9 Å². The van der Waals surface area contributed by atoms with E-state index >= 15 is 0 Å². The zero-order valence-electron chi connectivity index (χ0n) is 17.0. The van der Waals surface area contributed by atoms with Crippen LogP contribution in [0.3, 0.4) is 0 Å². The number of hydrogen-bond acceptors (Lipinski definition) is 4. The second-order valence-corrected chi connectivity index (χ2v) is 14.8. The van der Waals surface area contributed by atoms with E-state index in [4.69, 9.17) is 13.4 Å². The Balaban J connectivity index is 5.95. The second kappa shape index (κ2) is 12.0. The fraction of sp³-hybridized carbons (Fsp3) is 1.00. The number of phosphoric acid groups is 1. The molecule has 148 valence electrons. The van der Waals surface area contributed by atoms with E-state index in [0.29, 0.717) is 0 Å². The molecule has 0 rings (SSSR count). The summed E-state index contributed by atoms with van der Waals surface area (Å²) in [7, 11) is -0.592. The number of rotatable bonds is 16. The van der Waals surface area contributed by atoms with Gasteiger partial charge >= 0.3 is 151 Å². The molecular weight excluding hydrogens is 342 g/mol. The predicted octanol–water partition coefficient (Wildman–Crippen LogP) is 7.07. The molecular formula is C18H42O4P2. The van der Waals surface area contributed by atoms with Gasteiger partial charge in [0.1, 0.15) is 0 Å². The van der Waals surface area contributed by atoms with Crippen molar-refractivity contribution in [2.24, 2.45) is 0 Å². The molecule has 0 aliphatic rings. The van der Waals surface area contributed by atoms with Crippen LogP contribution in [0.1, 0.15) is 79.1 Å². The molecule has 0 radical (unpaired) electrons. The summed E-state index contributed by atoms with van der Waals surface area (Å²) in [6.07, 6.45) is 13.3. The van der Waals surface area contributed by atoms with Crippen LogP contribution in [-0.4, -0.2) is 38.9 Å². The van der Waals surface area contributed by atoms with Gasteiger partial charge in [-0.15, -0.1) is 0 Å².